The van der Waals surface area contributed by atoms with Gasteiger partial charge in [-0.2, -0.15) is 0 Å². The summed E-state index contributed by atoms with van der Waals surface area (Å²) in [7, 11) is 3.29. The second-order valence-corrected chi connectivity index (χ2v) is 7.21. The quantitative estimate of drug-likeness (QED) is 0.626. The number of hydrogen-bond donors (Lipinski definition) is 0. The van der Waals surface area contributed by atoms with Gasteiger partial charge in [0.25, 0.3) is 0 Å². The Morgan fingerprint density at radius 2 is 2.00 bits per heavy atom. The minimum atomic E-state index is 0.238. The Bertz CT molecular complexity index is 948. The molecular weight excluding hydrogens is 364 g/mol. The Labute approximate surface area is 163 Å². The molecule has 0 radical (unpaired) electrons. The highest BCUT2D eigenvalue weighted by Crippen LogP contribution is 2.30. The molecule has 0 aliphatic carbocycles. The Morgan fingerprint density at radius 1 is 1.15 bits per heavy atom. The largest absolute Gasteiger partial charge is 0.493 e. The van der Waals surface area contributed by atoms with Crippen molar-refractivity contribution >= 4 is 22.6 Å². The van der Waals surface area contributed by atoms with Crippen molar-refractivity contribution in [2.75, 3.05) is 20.8 Å². The SMILES string of the molecule is COc1ccc(Cc2nc3cc(Cl)ccc3n2CC2CCCO2)cc1OC. The maximum atomic E-state index is 6.18. The van der Waals surface area contributed by atoms with Crippen LogP contribution < -0.4 is 9.47 Å². The summed E-state index contributed by atoms with van der Waals surface area (Å²) in [5, 5.41) is 0.696. The first kappa shape index (κ1) is 18.1. The Morgan fingerprint density at radius 3 is 2.74 bits per heavy atom. The molecule has 142 valence electrons. The van der Waals surface area contributed by atoms with Gasteiger partial charge in [-0.25, -0.2) is 4.98 Å². The van der Waals surface area contributed by atoms with Crippen LogP contribution in [-0.2, 0) is 17.7 Å². The van der Waals surface area contributed by atoms with Crippen molar-refractivity contribution in [3.8, 4) is 11.5 Å². The molecule has 1 aliphatic heterocycles. The summed E-state index contributed by atoms with van der Waals surface area (Å²) >= 11 is 6.18. The highest BCUT2D eigenvalue weighted by molar-refractivity contribution is 6.31. The van der Waals surface area contributed by atoms with E-state index in [-0.39, 0.29) is 6.10 Å². The molecule has 1 saturated heterocycles. The Kier molecular flexibility index (Phi) is 5.23. The third-order valence-corrected chi connectivity index (χ3v) is 5.24. The summed E-state index contributed by atoms with van der Waals surface area (Å²) in [4.78, 5) is 4.86. The smallest absolute Gasteiger partial charge is 0.161 e. The zero-order valence-corrected chi connectivity index (χ0v) is 16.3. The zero-order chi connectivity index (χ0) is 18.8. The van der Waals surface area contributed by atoms with Crippen LogP contribution >= 0.6 is 11.6 Å². The molecule has 1 aliphatic rings. The van der Waals surface area contributed by atoms with Crippen LogP contribution in [0.1, 0.15) is 24.2 Å². The van der Waals surface area contributed by atoms with Crippen LogP contribution in [0, 0.1) is 0 Å². The van der Waals surface area contributed by atoms with Gasteiger partial charge in [0.2, 0.25) is 0 Å². The average molecular weight is 387 g/mol. The first-order chi connectivity index (χ1) is 13.2. The van der Waals surface area contributed by atoms with E-state index >= 15 is 0 Å². The lowest BCUT2D eigenvalue weighted by atomic mass is 10.1. The van der Waals surface area contributed by atoms with Crippen LogP contribution in [-0.4, -0.2) is 36.5 Å². The topological polar surface area (TPSA) is 45.5 Å². The van der Waals surface area contributed by atoms with Gasteiger partial charge in [-0.15, -0.1) is 0 Å². The fourth-order valence-electron chi connectivity index (χ4n) is 3.66. The van der Waals surface area contributed by atoms with Gasteiger partial charge in [0.15, 0.2) is 11.5 Å². The predicted octanol–water partition coefficient (Wildman–Crippen LogP) is 4.48. The second kappa shape index (κ2) is 7.79. The van der Waals surface area contributed by atoms with E-state index in [1.165, 1.54) is 0 Å². The molecule has 1 unspecified atom stereocenters. The fraction of sp³-hybridized carbons (Fsp3) is 0.381. The number of halogens is 1. The number of hydrogen-bond acceptors (Lipinski definition) is 4. The number of nitrogens with zero attached hydrogens (tertiary/aromatic N) is 2. The molecule has 6 heteroatoms. The fourth-order valence-corrected chi connectivity index (χ4v) is 3.82. The monoisotopic (exact) mass is 386 g/mol. The van der Waals surface area contributed by atoms with Crippen LogP contribution in [0.5, 0.6) is 11.5 Å². The number of imidazole rings is 1. The molecule has 1 aromatic heterocycles. The molecule has 0 amide bonds. The maximum Gasteiger partial charge on any atom is 0.161 e. The molecule has 1 fully saturated rings. The summed E-state index contributed by atoms with van der Waals surface area (Å²) in [6.45, 7) is 1.65. The minimum absolute atomic E-state index is 0.238. The van der Waals surface area contributed by atoms with Crippen LogP contribution in [0.2, 0.25) is 5.02 Å². The molecule has 2 heterocycles. The normalized spacial score (nSPS) is 16.8. The van der Waals surface area contributed by atoms with Gasteiger partial charge in [-0.3, -0.25) is 0 Å². The zero-order valence-electron chi connectivity index (χ0n) is 15.6. The lowest BCUT2D eigenvalue weighted by Gasteiger charge is -2.15. The van der Waals surface area contributed by atoms with Gasteiger partial charge >= 0.3 is 0 Å². The minimum Gasteiger partial charge on any atom is -0.493 e. The number of benzene rings is 2. The van der Waals surface area contributed by atoms with Crippen LogP contribution in [0.15, 0.2) is 36.4 Å². The molecule has 4 rings (SSSR count). The van der Waals surface area contributed by atoms with Crippen molar-refractivity contribution in [1.82, 2.24) is 9.55 Å². The van der Waals surface area contributed by atoms with Crippen molar-refractivity contribution in [3.05, 3.63) is 52.8 Å². The molecule has 0 spiro atoms. The molecule has 3 aromatic rings. The van der Waals surface area contributed by atoms with Gasteiger partial charge in [0.05, 0.1) is 37.9 Å². The van der Waals surface area contributed by atoms with Gasteiger partial charge in [0.1, 0.15) is 5.82 Å². The van der Waals surface area contributed by atoms with E-state index in [0.717, 1.165) is 59.9 Å². The molecule has 1 atom stereocenters. The number of methoxy groups -OCH3 is 2. The lowest BCUT2D eigenvalue weighted by Crippen LogP contribution is -2.17. The number of ether oxygens (including phenoxy) is 3. The number of fused-ring (bicyclic) bond motifs is 1. The van der Waals surface area contributed by atoms with Crippen LogP contribution in [0.3, 0.4) is 0 Å². The first-order valence-electron chi connectivity index (χ1n) is 9.15. The summed E-state index contributed by atoms with van der Waals surface area (Å²) in [6, 6.07) is 11.8. The molecular formula is C21H23ClN2O3. The standard InChI is InChI=1S/C21H23ClN2O3/c1-25-19-8-5-14(10-20(19)26-2)11-21-23-17-12-15(22)6-7-18(17)24(21)13-16-4-3-9-27-16/h5-8,10,12,16H,3-4,9,11,13H2,1-2H3. The van der Waals surface area contributed by atoms with Crippen molar-refractivity contribution in [2.24, 2.45) is 0 Å². The molecule has 5 nitrogen and oxygen atoms in total. The predicted molar refractivity (Wildman–Crippen MR) is 106 cm³/mol. The van der Waals surface area contributed by atoms with E-state index in [0.29, 0.717) is 11.4 Å². The van der Waals surface area contributed by atoms with Gasteiger partial charge in [-0.05, 0) is 48.7 Å². The Balaban J connectivity index is 1.71. The summed E-state index contributed by atoms with van der Waals surface area (Å²) in [5.74, 6) is 2.44. The first-order valence-corrected chi connectivity index (χ1v) is 9.53. The highest BCUT2D eigenvalue weighted by atomic mass is 35.5. The summed E-state index contributed by atoms with van der Waals surface area (Å²) in [5.41, 5.74) is 3.11. The third-order valence-electron chi connectivity index (χ3n) is 5.01. The lowest BCUT2D eigenvalue weighted by molar-refractivity contribution is 0.0973. The molecule has 2 aromatic carbocycles. The van der Waals surface area contributed by atoms with E-state index in [1.54, 1.807) is 14.2 Å². The third kappa shape index (κ3) is 3.75. The van der Waals surface area contributed by atoms with Crippen LogP contribution in [0.4, 0.5) is 0 Å². The number of rotatable bonds is 6. The molecule has 27 heavy (non-hydrogen) atoms. The van der Waals surface area contributed by atoms with Crippen molar-refractivity contribution in [1.29, 1.82) is 0 Å². The van der Waals surface area contributed by atoms with Crippen LogP contribution in [0.25, 0.3) is 11.0 Å². The molecule has 0 bridgehead atoms. The summed E-state index contributed by atoms with van der Waals surface area (Å²) in [6.07, 6.45) is 3.14. The highest BCUT2D eigenvalue weighted by Gasteiger charge is 2.20. The maximum absolute atomic E-state index is 6.18. The second-order valence-electron chi connectivity index (χ2n) is 6.77. The van der Waals surface area contributed by atoms with Gasteiger partial charge < -0.3 is 18.8 Å². The molecule has 0 saturated carbocycles. The van der Waals surface area contributed by atoms with Crippen molar-refractivity contribution in [3.63, 3.8) is 0 Å². The molecule has 0 N–H and O–H groups in total. The van der Waals surface area contributed by atoms with E-state index in [4.69, 9.17) is 30.8 Å². The van der Waals surface area contributed by atoms with E-state index < -0.39 is 0 Å². The Hall–Kier alpha value is -2.24. The van der Waals surface area contributed by atoms with Crippen molar-refractivity contribution in [2.45, 2.75) is 31.9 Å². The van der Waals surface area contributed by atoms with Gasteiger partial charge in [-0.1, -0.05) is 17.7 Å². The van der Waals surface area contributed by atoms with Gasteiger partial charge in [0, 0.05) is 18.1 Å². The average Bonchev–Trinajstić information content (AvgIpc) is 3.30. The van der Waals surface area contributed by atoms with E-state index in [1.807, 2.05) is 36.4 Å². The summed E-state index contributed by atoms with van der Waals surface area (Å²) < 4.78 is 18.9. The van der Waals surface area contributed by atoms with Crippen molar-refractivity contribution < 1.29 is 14.2 Å². The number of aromatic nitrogens is 2. The van der Waals surface area contributed by atoms with E-state index in [9.17, 15) is 0 Å². The van der Waals surface area contributed by atoms with E-state index in [2.05, 4.69) is 4.57 Å².